The number of rotatable bonds is 5. The Morgan fingerprint density at radius 2 is 2.19 bits per heavy atom. The Bertz CT molecular complexity index is 856. The number of hydrogen-bond donors (Lipinski definition) is 2. The van der Waals surface area contributed by atoms with E-state index >= 15 is 0 Å². The van der Waals surface area contributed by atoms with Crippen molar-refractivity contribution < 1.29 is 14.3 Å². The van der Waals surface area contributed by atoms with Gasteiger partial charge in [0.25, 0.3) is 5.91 Å². The van der Waals surface area contributed by atoms with Gasteiger partial charge in [-0.1, -0.05) is 6.07 Å². The van der Waals surface area contributed by atoms with Gasteiger partial charge in [0.15, 0.2) is 0 Å². The Kier molecular flexibility index (Phi) is 4.14. The lowest BCUT2D eigenvalue weighted by molar-refractivity contribution is -0.117. The van der Waals surface area contributed by atoms with Crippen LogP contribution in [0, 0.1) is 6.92 Å². The van der Waals surface area contributed by atoms with Crippen molar-refractivity contribution in [3.63, 3.8) is 0 Å². The molecule has 1 saturated carbocycles. The number of nitrogens with one attached hydrogen (secondary N) is 2. The number of anilines is 1. The molecule has 0 unspecified atom stereocenters. The number of aromatic nitrogens is 2. The molecule has 1 atom stereocenters. The first-order valence-electron chi connectivity index (χ1n) is 8.87. The lowest BCUT2D eigenvalue weighted by Gasteiger charge is -2.18. The van der Waals surface area contributed by atoms with Crippen LogP contribution >= 0.6 is 0 Å². The molecule has 4 rings (SSSR count). The zero-order valence-electron chi connectivity index (χ0n) is 14.9. The summed E-state index contributed by atoms with van der Waals surface area (Å²) in [5, 5.41) is 10.2. The summed E-state index contributed by atoms with van der Waals surface area (Å²) in [5.41, 5.74) is 3.05. The largest absolute Gasteiger partial charge is 0.497 e. The Morgan fingerprint density at radius 3 is 2.92 bits per heavy atom. The van der Waals surface area contributed by atoms with Crippen LogP contribution < -0.4 is 15.0 Å². The summed E-state index contributed by atoms with van der Waals surface area (Å²) in [7, 11) is 1.60. The molecule has 0 bridgehead atoms. The standard InChI is InChI=1S/C19H22N4O3/c1-11-17(18(22-21-11)12-6-7-12)19(25)20-13-8-16(24)23(10-13)14-4-3-5-15(9-14)26-2/h3-5,9,12-13H,6-8,10H2,1-2H3,(H,20,25)(H,21,22)/t13-/m0/s1. The third kappa shape index (κ3) is 3.05. The van der Waals surface area contributed by atoms with E-state index in [0.29, 0.717) is 30.2 Å². The molecule has 26 heavy (non-hydrogen) atoms. The van der Waals surface area contributed by atoms with Crippen molar-refractivity contribution in [1.29, 1.82) is 0 Å². The third-order valence-corrected chi connectivity index (χ3v) is 4.99. The van der Waals surface area contributed by atoms with Crippen LogP contribution in [0.15, 0.2) is 24.3 Å². The van der Waals surface area contributed by atoms with Crippen molar-refractivity contribution in [1.82, 2.24) is 15.5 Å². The lowest BCUT2D eigenvalue weighted by atomic mass is 10.1. The minimum absolute atomic E-state index is 0.00474. The average molecular weight is 354 g/mol. The van der Waals surface area contributed by atoms with Gasteiger partial charge >= 0.3 is 0 Å². The molecule has 1 aromatic carbocycles. The Labute approximate surface area is 151 Å². The van der Waals surface area contributed by atoms with Gasteiger partial charge in [0.1, 0.15) is 5.75 Å². The van der Waals surface area contributed by atoms with Gasteiger partial charge < -0.3 is 15.0 Å². The number of carbonyl (C=O) groups is 2. The summed E-state index contributed by atoms with van der Waals surface area (Å²) in [4.78, 5) is 26.9. The fraction of sp³-hybridized carbons (Fsp3) is 0.421. The van der Waals surface area contributed by atoms with Crippen molar-refractivity contribution in [2.45, 2.75) is 38.1 Å². The molecule has 1 aliphatic carbocycles. The molecule has 2 aromatic rings. The summed E-state index contributed by atoms with van der Waals surface area (Å²) in [6.45, 7) is 2.31. The Hall–Kier alpha value is -2.83. The minimum Gasteiger partial charge on any atom is -0.497 e. The molecular weight excluding hydrogens is 332 g/mol. The van der Waals surface area contributed by atoms with E-state index in [1.165, 1.54) is 0 Å². The van der Waals surface area contributed by atoms with Crippen LogP contribution in [0.5, 0.6) is 5.75 Å². The van der Waals surface area contributed by atoms with E-state index in [-0.39, 0.29) is 17.9 Å². The van der Waals surface area contributed by atoms with Crippen molar-refractivity contribution >= 4 is 17.5 Å². The number of aromatic amines is 1. The second-order valence-corrected chi connectivity index (χ2v) is 6.96. The Balaban J connectivity index is 1.47. The van der Waals surface area contributed by atoms with Crippen molar-refractivity contribution in [3.8, 4) is 5.75 Å². The van der Waals surface area contributed by atoms with E-state index in [1.807, 2.05) is 31.2 Å². The number of methoxy groups -OCH3 is 1. The highest BCUT2D eigenvalue weighted by molar-refractivity contribution is 6.00. The monoisotopic (exact) mass is 354 g/mol. The van der Waals surface area contributed by atoms with Gasteiger partial charge in [-0.3, -0.25) is 14.7 Å². The van der Waals surface area contributed by atoms with Gasteiger partial charge in [0, 0.05) is 36.3 Å². The molecule has 0 radical (unpaired) electrons. The quantitative estimate of drug-likeness (QED) is 0.861. The molecular formula is C19H22N4O3. The smallest absolute Gasteiger partial charge is 0.255 e. The fourth-order valence-electron chi connectivity index (χ4n) is 3.48. The maximum absolute atomic E-state index is 12.8. The zero-order valence-corrected chi connectivity index (χ0v) is 14.9. The number of hydrogen-bond acceptors (Lipinski definition) is 4. The second-order valence-electron chi connectivity index (χ2n) is 6.96. The summed E-state index contributed by atoms with van der Waals surface area (Å²) < 4.78 is 5.23. The van der Waals surface area contributed by atoms with Gasteiger partial charge in [-0.2, -0.15) is 5.10 Å². The summed E-state index contributed by atoms with van der Waals surface area (Å²) >= 11 is 0. The van der Waals surface area contributed by atoms with Crippen LogP contribution in [0.3, 0.4) is 0 Å². The average Bonchev–Trinajstić information content (AvgIpc) is 3.31. The molecule has 2 heterocycles. The minimum atomic E-state index is -0.220. The van der Waals surface area contributed by atoms with E-state index < -0.39 is 0 Å². The summed E-state index contributed by atoms with van der Waals surface area (Å²) in [6.07, 6.45) is 2.45. The molecule has 1 saturated heterocycles. The molecule has 7 heteroatoms. The molecule has 136 valence electrons. The van der Waals surface area contributed by atoms with Gasteiger partial charge in [-0.25, -0.2) is 0 Å². The molecule has 1 aliphatic heterocycles. The van der Waals surface area contributed by atoms with Crippen LogP contribution in [0.4, 0.5) is 5.69 Å². The van der Waals surface area contributed by atoms with E-state index in [1.54, 1.807) is 12.0 Å². The number of benzene rings is 1. The van der Waals surface area contributed by atoms with Crippen LogP contribution in [-0.4, -0.2) is 41.7 Å². The molecule has 2 fully saturated rings. The Morgan fingerprint density at radius 1 is 1.38 bits per heavy atom. The van der Waals surface area contributed by atoms with Gasteiger partial charge in [0.2, 0.25) is 5.91 Å². The predicted octanol–water partition coefficient (Wildman–Crippen LogP) is 2.14. The molecule has 2 N–H and O–H groups in total. The van der Waals surface area contributed by atoms with Gasteiger partial charge in [-0.05, 0) is 31.9 Å². The topological polar surface area (TPSA) is 87.3 Å². The van der Waals surface area contributed by atoms with Crippen molar-refractivity contribution in [2.75, 3.05) is 18.6 Å². The van der Waals surface area contributed by atoms with Crippen molar-refractivity contribution in [2.24, 2.45) is 0 Å². The molecule has 2 amide bonds. The van der Waals surface area contributed by atoms with Crippen LogP contribution in [0.1, 0.15) is 46.9 Å². The van der Waals surface area contributed by atoms with Gasteiger partial charge in [-0.15, -0.1) is 0 Å². The maximum atomic E-state index is 12.8. The SMILES string of the molecule is COc1cccc(N2C[C@@H](NC(=O)c3c(C4CC4)n[nH]c3C)CC2=O)c1. The summed E-state index contributed by atoms with van der Waals surface area (Å²) in [6, 6.07) is 7.17. The second kappa shape index (κ2) is 6.48. The van der Waals surface area contributed by atoms with E-state index in [0.717, 1.165) is 29.9 Å². The van der Waals surface area contributed by atoms with E-state index in [2.05, 4.69) is 15.5 Å². The normalized spacial score (nSPS) is 19.7. The third-order valence-electron chi connectivity index (χ3n) is 4.99. The number of carbonyl (C=O) groups excluding carboxylic acids is 2. The van der Waals surface area contributed by atoms with Crippen LogP contribution in [0.2, 0.25) is 0 Å². The highest BCUT2D eigenvalue weighted by Crippen LogP contribution is 2.41. The number of H-pyrrole nitrogens is 1. The fourth-order valence-corrected chi connectivity index (χ4v) is 3.48. The zero-order chi connectivity index (χ0) is 18.3. The van der Waals surface area contributed by atoms with Crippen LogP contribution in [0.25, 0.3) is 0 Å². The number of ether oxygens (including phenoxy) is 1. The van der Waals surface area contributed by atoms with Crippen molar-refractivity contribution in [3.05, 3.63) is 41.2 Å². The molecule has 2 aliphatic rings. The summed E-state index contributed by atoms with van der Waals surface area (Å²) in [5.74, 6) is 0.934. The first-order chi connectivity index (χ1) is 12.6. The number of aryl methyl sites for hydroxylation is 1. The number of nitrogens with zero attached hydrogens (tertiary/aromatic N) is 2. The highest BCUT2D eigenvalue weighted by Gasteiger charge is 2.35. The number of amides is 2. The first-order valence-corrected chi connectivity index (χ1v) is 8.87. The highest BCUT2D eigenvalue weighted by atomic mass is 16.5. The maximum Gasteiger partial charge on any atom is 0.255 e. The molecule has 0 spiro atoms. The lowest BCUT2D eigenvalue weighted by Crippen LogP contribution is -2.37. The van der Waals surface area contributed by atoms with Crippen LogP contribution in [-0.2, 0) is 4.79 Å². The van der Waals surface area contributed by atoms with Gasteiger partial charge in [0.05, 0.1) is 24.4 Å². The molecule has 7 nitrogen and oxygen atoms in total. The van der Waals surface area contributed by atoms with E-state index in [4.69, 9.17) is 4.74 Å². The predicted molar refractivity (Wildman–Crippen MR) is 96.5 cm³/mol. The first kappa shape index (κ1) is 16.6. The van der Waals surface area contributed by atoms with E-state index in [9.17, 15) is 9.59 Å². The molecule has 1 aromatic heterocycles.